The Morgan fingerprint density at radius 2 is 2.15 bits per heavy atom. The highest BCUT2D eigenvalue weighted by molar-refractivity contribution is 5.73. The summed E-state index contributed by atoms with van der Waals surface area (Å²) >= 11 is 0. The number of pyridine rings is 1. The monoisotopic (exact) mass is 279 g/mol. The predicted octanol–water partition coefficient (Wildman–Crippen LogP) is 1.69. The van der Waals surface area contributed by atoms with Gasteiger partial charge in [-0.25, -0.2) is 4.79 Å². The molecule has 20 heavy (non-hydrogen) atoms. The normalized spacial score (nSPS) is 11.7. The van der Waals surface area contributed by atoms with Crippen molar-refractivity contribution in [3.63, 3.8) is 0 Å². The topological polar surface area (TPSA) is 91.3 Å². The van der Waals surface area contributed by atoms with Crippen molar-refractivity contribution in [1.29, 1.82) is 0 Å². The molecule has 1 unspecified atom stereocenters. The average molecular weight is 279 g/mol. The number of carboxylic acid groups (broad SMARTS) is 1. The third-order valence-electron chi connectivity index (χ3n) is 3.06. The lowest BCUT2D eigenvalue weighted by atomic mass is 10.1. The lowest BCUT2D eigenvalue weighted by Crippen LogP contribution is -2.36. The Morgan fingerprint density at radius 1 is 1.40 bits per heavy atom. The summed E-state index contributed by atoms with van der Waals surface area (Å²) in [6.07, 6.45) is 2.88. The zero-order chi connectivity index (χ0) is 15.0. The summed E-state index contributed by atoms with van der Waals surface area (Å²) in [7, 11) is 0. The van der Waals surface area contributed by atoms with Gasteiger partial charge in [0.25, 0.3) is 0 Å². The van der Waals surface area contributed by atoms with E-state index < -0.39 is 5.97 Å². The van der Waals surface area contributed by atoms with E-state index in [0.29, 0.717) is 25.9 Å². The number of carbonyl (C=O) groups is 2. The summed E-state index contributed by atoms with van der Waals surface area (Å²) < 4.78 is 0. The maximum absolute atomic E-state index is 11.5. The molecule has 2 amide bonds. The number of aryl methyl sites for hydroxylation is 1. The Morgan fingerprint density at radius 3 is 2.80 bits per heavy atom. The van der Waals surface area contributed by atoms with Gasteiger partial charge < -0.3 is 15.7 Å². The fraction of sp³-hybridized carbons (Fsp3) is 0.500. The third kappa shape index (κ3) is 5.69. The van der Waals surface area contributed by atoms with Gasteiger partial charge in [-0.15, -0.1) is 0 Å². The van der Waals surface area contributed by atoms with Gasteiger partial charge in [-0.1, -0.05) is 13.0 Å². The number of nitrogens with one attached hydrogen (secondary N) is 2. The molecular weight excluding hydrogens is 258 g/mol. The summed E-state index contributed by atoms with van der Waals surface area (Å²) in [5.74, 6) is -1.18. The van der Waals surface area contributed by atoms with E-state index in [0.717, 1.165) is 11.3 Å². The summed E-state index contributed by atoms with van der Waals surface area (Å²) in [6, 6.07) is 3.52. The minimum absolute atomic E-state index is 0.266. The molecule has 1 atom stereocenters. The lowest BCUT2D eigenvalue weighted by molar-refractivity contribution is -0.141. The number of aromatic nitrogens is 1. The summed E-state index contributed by atoms with van der Waals surface area (Å²) in [5.41, 5.74) is 1.87. The molecule has 1 aromatic rings. The molecule has 0 aromatic carbocycles. The highest BCUT2D eigenvalue weighted by Crippen LogP contribution is 2.04. The molecule has 0 bridgehead atoms. The molecular formula is C14H21N3O3. The lowest BCUT2D eigenvalue weighted by Gasteiger charge is -2.09. The fourth-order valence-corrected chi connectivity index (χ4v) is 1.66. The van der Waals surface area contributed by atoms with Crippen LogP contribution in [0.25, 0.3) is 0 Å². The highest BCUT2D eigenvalue weighted by atomic mass is 16.4. The molecule has 1 heterocycles. The van der Waals surface area contributed by atoms with Crippen LogP contribution >= 0.6 is 0 Å². The Labute approximate surface area is 118 Å². The molecule has 0 saturated carbocycles. The Balaban J connectivity index is 2.18. The van der Waals surface area contributed by atoms with E-state index in [4.69, 9.17) is 5.11 Å². The maximum atomic E-state index is 11.5. The van der Waals surface area contributed by atoms with Crippen molar-refractivity contribution in [2.45, 2.75) is 33.2 Å². The van der Waals surface area contributed by atoms with Gasteiger partial charge in [0, 0.05) is 12.7 Å². The molecule has 0 radical (unpaired) electrons. The molecule has 6 nitrogen and oxygen atoms in total. The number of urea groups is 1. The highest BCUT2D eigenvalue weighted by Gasteiger charge is 2.10. The molecule has 0 spiro atoms. The number of hydrogen-bond donors (Lipinski definition) is 3. The molecule has 6 heteroatoms. The van der Waals surface area contributed by atoms with Crippen molar-refractivity contribution in [2.24, 2.45) is 5.92 Å². The van der Waals surface area contributed by atoms with Crippen molar-refractivity contribution in [3.05, 3.63) is 29.6 Å². The van der Waals surface area contributed by atoms with Crippen LogP contribution in [0.1, 0.15) is 31.0 Å². The quantitative estimate of drug-likeness (QED) is 0.662. The van der Waals surface area contributed by atoms with Gasteiger partial charge in [-0.3, -0.25) is 9.78 Å². The first kappa shape index (κ1) is 15.9. The van der Waals surface area contributed by atoms with Crippen LogP contribution in [0.5, 0.6) is 0 Å². The number of carbonyl (C=O) groups excluding carboxylic acids is 1. The first-order valence-corrected chi connectivity index (χ1v) is 6.65. The Bertz CT molecular complexity index is 463. The van der Waals surface area contributed by atoms with Crippen molar-refractivity contribution < 1.29 is 14.7 Å². The van der Waals surface area contributed by atoms with Crippen LogP contribution in [0.2, 0.25) is 0 Å². The standard InChI is InChI=1S/C14H21N3O3/c1-10-5-3-7-15-12(10)9-17-14(20)16-8-4-6-11(2)13(18)19/h3,5,7,11H,4,6,8-9H2,1-2H3,(H,18,19)(H2,16,17,20). The Kier molecular flexibility index (Phi) is 6.49. The minimum atomic E-state index is -0.805. The molecule has 0 aliphatic rings. The smallest absolute Gasteiger partial charge is 0.315 e. The van der Waals surface area contributed by atoms with E-state index in [9.17, 15) is 9.59 Å². The van der Waals surface area contributed by atoms with Gasteiger partial charge in [0.2, 0.25) is 0 Å². The molecule has 0 aliphatic heterocycles. The van der Waals surface area contributed by atoms with Crippen LogP contribution in [-0.4, -0.2) is 28.6 Å². The molecule has 110 valence electrons. The van der Waals surface area contributed by atoms with Gasteiger partial charge in [0.15, 0.2) is 0 Å². The largest absolute Gasteiger partial charge is 0.481 e. The summed E-state index contributed by atoms with van der Waals surface area (Å²) in [5, 5.41) is 14.1. The average Bonchev–Trinajstić information content (AvgIpc) is 2.42. The van der Waals surface area contributed by atoms with E-state index in [1.54, 1.807) is 13.1 Å². The van der Waals surface area contributed by atoms with E-state index in [-0.39, 0.29) is 11.9 Å². The second kappa shape index (κ2) is 8.14. The van der Waals surface area contributed by atoms with E-state index >= 15 is 0 Å². The van der Waals surface area contributed by atoms with Crippen LogP contribution in [-0.2, 0) is 11.3 Å². The molecule has 1 aromatic heterocycles. The van der Waals surface area contributed by atoms with Crippen LogP contribution in [0.15, 0.2) is 18.3 Å². The summed E-state index contributed by atoms with van der Waals surface area (Å²) in [4.78, 5) is 26.3. The zero-order valence-electron chi connectivity index (χ0n) is 11.8. The van der Waals surface area contributed by atoms with Crippen molar-refractivity contribution >= 4 is 12.0 Å². The summed E-state index contributed by atoms with van der Waals surface area (Å²) in [6.45, 7) is 4.44. The number of aliphatic carboxylic acids is 1. The van der Waals surface area contributed by atoms with Crippen LogP contribution in [0.3, 0.4) is 0 Å². The SMILES string of the molecule is Cc1cccnc1CNC(=O)NCCCC(C)C(=O)O. The number of rotatable bonds is 7. The molecule has 0 saturated heterocycles. The number of carboxylic acids is 1. The minimum Gasteiger partial charge on any atom is -0.481 e. The molecule has 0 aliphatic carbocycles. The fourth-order valence-electron chi connectivity index (χ4n) is 1.66. The third-order valence-corrected chi connectivity index (χ3v) is 3.06. The van der Waals surface area contributed by atoms with Crippen LogP contribution < -0.4 is 10.6 Å². The molecule has 0 fully saturated rings. The Hall–Kier alpha value is -2.11. The van der Waals surface area contributed by atoms with Gasteiger partial charge in [0.05, 0.1) is 18.2 Å². The molecule has 1 rings (SSSR count). The van der Waals surface area contributed by atoms with Crippen LogP contribution in [0.4, 0.5) is 4.79 Å². The number of amides is 2. The number of hydrogen-bond acceptors (Lipinski definition) is 3. The first-order valence-electron chi connectivity index (χ1n) is 6.65. The van der Waals surface area contributed by atoms with Crippen molar-refractivity contribution in [1.82, 2.24) is 15.6 Å². The molecule has 3 N–H and O–H groups in total. The zero-order valence-corrected chi connectivity index (χ0v) is 11.8. The van der Waals surface area contributed by atoms with E-state index in [2.05, 4.69) is 15.6 Å². The van der Waals surface area contributed by atoms with Gasteiger partial charge in [-0.2, -0.15) is 0 Å². The number of nitrogens with zero attached hydrogens (tertiary/aromatic N) is 1. The predicted molar refractivity (Wildman–Crippen MR) is 75.2 cm³/mol. The van der Waals surface area contributed by atoms with Crippen molar-refractivity contribution in [2.75, 3.05) is 6.54 Å². The van der Waals surface area contributed by atoms with E-state index in [1.807, 2.05) is 19.1 Å². The van der Waals surface area contributed by atoms with E-state index in [1.165, 1.54) is 0 Å². The van der Waals surface area contributed by atoms with Gasteiger partial charge >= 0.3 is 12.0 Å². The van der Waals surface area contributed by atoms with Crippen molar-refractivity contribution in [3.8, 4) is 0 Å². The first-order chi connectivity index (χ1) is 9.50. The van der Waals surface area contributed by atoms with Crippen LogP contribution in [0, 0.1) is 12.8 Å². The maximum Gasteiger partial charge on any atom is 0.315 e. The van der Waals surface area contributed by atoms with Gasteiger partial charge in [0.1, 0.15) is 0 Å². The second-order valence-electron chi connectivity index (χ2n) is 4.76. The van der Waals surface area contributed by atoms with Gasteiger partial charge in [-0.05, 0) is 31.4 Å². The second-order valence-corrected chi connectivity index (χ2v) is 4.76.